The van der Waals surface area contributed by atoms with E-state index in [2.05, 4.69) is 28.1 Å². The SMILES string of the molecule is COc1ccc(Br)c(CC2=CC(N)CCCC2)c1. The second-order valence-electron chi connectivity index (χ2n) is 4.87. The summed E-state index contributed by atoms with van der Waals surface area (Å²) < 4.78 is 6.42. The Kier molecular flexibility index (Phi) is 4.84. The fourth-order valence-corrected chi connectivity index (χ4v) is 2.79. The van der Waals surface area contributed by atoms with Gasteiger partial charge in [0.1, 0.15) is 5.75 Å². The predicted molar refractivity (Wildman–Crippen MR) is 78.9 cm³/mol. The molecular formula is C15H20BrNO. The normalized spacial score (nSPS) is 20.2. The van der Waals surface area contributed by atoms with Gasteiger partial charge < -0.3 is 10.5 Å². The first-order chi connectivity index (χ1) is 8.69. The number of allylic oxidation sites excluding steroid dienone is 1. The Bertz CT molecular complexity index is 442. The number of halogens is 1. The molecule has 0 amide bonds. The van der Waals surface area contributed by atoms with Crippen LogP contribution in [-0.4, -0.2) is 13.2 Å². The lowest BCUT2D eigenvalue weighted by Crippen LogP contribution is -2.16. The molecule has 2 rings (SSSR count). The van der Waals surface area contributed by atoms with Gasteiger partial charge in [-0.2, -0.15) is 0 Å². The summed E-state index contributed by atoms with van der Waals surface area (Å²) in [5.74, 6) is 0.909. The van der Waals surface area contributed by atoms with E-state index in [4.69, 9.17) is 10.5 Å². The fraction of sp³-hybridized carbons (Fsp3) is 0.467. The molecule has 0 bridgehead atoms. The molecule has 0 radical (unpaired) electrons. The van der Waals surface area contributed by atoms with Crippen LogP contribution in [0, 0.1) is 0 Å². The maximum atomic E-state index is 6.06. The summed E-state index contributed by atoms with van der Waals surface area (Å²) in [7, 11) is 1.70. The van der Waals surface area contributed by atoms with E-state index >= 15 is 0 Å². The van der Waals surface area contributed by atoms with Crippen molar-refractivity contribution in [2.45, 2.75) is 38.1 Å². The Morgan fingerprint density at radius 3 is 3.00 bits per heavy atom. The quantitative estimate of drug-likeness (QED) is 0.861. The number of rotatable bonds is 3. The van der Waals surface area contributed by atoms with E-state index in [1.165, 1.54) is 24.0 Å². The standard InChI is InChI=1S/C15H20BrNO/c1-18-14-6-7-15(16)12(10-14)8-11-4-2-3-5-13(17)9-11/h6-7,9-10,13H,2-5,8,17H2,1H3. The zero-order chi connectivity index (χ0) is 13.0. The summed E-state index contributed by atoms with van der Waals surface area (Å²) in [6.07, 6.45) is 7.98. The molecule has 2 nitrogen and oxygen atoms in total. The van der Waals surface area contributed by atoms with Crippen molar-refractivity contribution in [2.75, 3.05) is 7.11 Å². The fourth-order valence-electron chi connectivity index (χ4n) is 2.41. The molecule has 1 aromatic rings. The van der Waals surface area contributed by atoms with E-state index in [9.17, 15) is 0 Å². The van der Waals surface area contributed by atoms with Crippen LogP contribution in [0.25, 0.3) is 0 Å². The summed E-state index contributed by atoms with van der Waals surface area (Å²) in [5, 5.41) is 0. The van der Waals surface area contributed by atoms with Gasteiger partial charge in [-0.1, -0.05) is 34.0 Å². The third-order valence-corrected chi connectivity index (χ3v) is 4.18. The average Bonchev–Trinajstić information content (AvgIpc) is 2.56. The first-order valence-electron chi connectivity index (χ1n) is 6.46. The Hall–Kier alpha value is -0.800. The van der Waals surface area contributed by atoms with Crippen molar-refractivity contribution in [3.8, 4) is 5.75 Å². The number of benzene rings is 1. The van der Waals surface area contributed by atoms with E-state index in [0.717, 1.165) is 29.5 Å². The number of methoxy groups -OCH3 is 1. The predicted octanol–water partition coefficient (Wildman–Crippen LogP) is 3.83. The van der Waals surface area contributed by atoms with Crippen LogP contribution >= 0.6 is 15.9 Å². The molecule has 0 saturated heterocycles. The van der Waals surface area contributed by atoms with Crippen LogP contribution in [0.1, 0.15) is 31.2 Å². The molecule has 0 aliphatic heterocycles. The molecule has 1 aliphatic rings. The van der Waals surface area contributed by atoms with Crippen LogP contribution < -0.4 is 10.5 Å². The van der Waals surface area contributed by atoms with Gasteiger partial charge in [0.05, 0.1) is 7.11 Å². The topological polar surface area (TPSA) is 35.2 Å². The lowest BCUT2D eigenvalue weighted by Gasteiger charge is -2.10. The molecule has 1 aliphatic carbocycles. The van der Waals surface area contributed by atoms with Crippen LogP contribution in [0.2, 0.25) is 0 Å². The third-order valence-electron chi connectivity index (χ3n) is 3.41. The largest absolute Gasteiger partial charge is 0.497 e. The van der Waals surface area contributed by atoms with E-state index < -0.39 is 0 Å². The molecule has 0 heterocycles. The summed E-state index contributed by atoms with van der Waals surface area (Å²) in [4.78, 5) is 0. The van der Waals surface area contributed by atoms with Gasteiger partial charge in [0.15, 0.2) is 0 Å². The minimum absolute atomic E-state index is 0.229. The Morgan fingerprint density at radius 2 is 2.22 bits per heavy atom. The zero-order valence-corrected chi connectivity index (χ0v) is 12.4. The lowest BCUT2D eigenvalue weighted by molar-refractivity contribution is 0.414. The second kappa shape index (κ2) is 6.39. The van der Waals surface area contributed by atoms with Gasteiger partial charge in [-0.05, 0) is 49.4 Å². The first kappa shape index (κ1) is 13.6. The molecule has 0 fully saturated rings. The molecule has 18 heavy (non-hydrogen) atoms. The van der Waals surface area contributed by atoms with Crippen LogP contribution in [0.15, 0.2) is 34.3 Å². The van der Waals surface area contributed by atoms with Gasteiger partial charge in [-0.3, -0.25) is 0 Å². The summed E-state index contributed by atoms with van der Waals surface area (Å²) >= 11 is 3.61. The van der Waals surface area contributed by atoms with Gasteiger partial charge in [0.25, 0.3) is 0 Å². The van der Waals surface area contributed by atoms with Gasteiger partial charge in [0, 0.05) is 10.5 Å². The third kappa shape index (κ3) is 3.59. The molecular weight excluding hydrogens is 290 g/mol. The maximum Gasteiger partial charge on any atom is 0.119 e. The highest BCUT2D eigenvalue weighted by Crippen LogP contribution is 2.27. The Balaban J connectivity index is 2.17. The Morgan fingerprint density at radius 1 is 1.39 bits per heavy atom. The van der Waals surface area contributed by atoms with E-state index in [0.29, 0.717) is 0 Å². The van der Waals surface area contributed by atoms with Crippen molar-refractivity contribution in [1.29, 1.82) is 0 Å². The van der Waals surface area contributed by atoms with E-state index in [1.54, 1.807) is 7.11 Å². The van der Waals surface area contributed by atoms with Crippen molar-refractivity contribution >= 4 is 15.9 Å². The van der Waals surface area contributed by atoms with Gasteiger partial charge >= 0.3 is 0 Å². The number of ether oxygens (including phenoxy) is 1. The average molecular weight is 310 g/mol. The highest BCUT2D eigenvalue weighted by molar-refractivity contribution is 9.10. The van der Waals surface area contributed by atoms with Crippen molar-refractivity contribution in [1.82, 2.24) is 0 Å². The minimum Gasteiger partial charge on any atom is -0.497 e. The van der Waals surface area contributed by atoms with Gasteiger partial charge in [-0.15, -0.1) is 0 Å². The van der Waals surface area contributed by atoms with E-state index in [-0.39, 0.29) is 6.04 Å². The molecule has 3 heteroatoms. The minimum atomic E-state index is 0.229. The van der Waals surface area contributed by atoms with Crippen LogP contribution in [0.5, 0.6) is 5.75 Å². The number of hydrogen-bond donors (Lipinski definition) is 1. The maximum absolute atomic E-state index is 6.06. The highest BCUT2D eigenvalue weighted by atomic mass is 79.9. The Labute approximate surface area is 117 Å². The molecule has 0 aromatic heterocycles. The number of nitrogens with two attached hydrogens (primary N) is 1. The molecule has 2 N–H and O–H groups in total. The summed E-state index contributed by atoms with van der Waals surface area (Å²) in [5.41, 5.74) is 8.79. The monoisotopic (exact) mass is 309 g/mol. The van der Waals surface area contributed by atoms with Crippen molar-refractivity contribution < 1.29 is 4.74 Å². The molecule has 1 atom stereocenters. The molecule has 1 aromatic carbocycles. The van der Waals surface area contributed by atoms with E-state index in [1.807, 2.05) is 12.1 Å². The highest BCUT2D eigenvalue weighted by Gasteiger charge is 2.11. The first-order valence-corrected chi connectivity index (χ1v) is 7.26. The summed E-state index contributed by atoms with van der Waals surface area (Å²) in [6, 6.07) is 6.35. The van der Waals surface area contributed by atoms with Gasteiger partial charge in [-0.25, -0.2) is 0 Å². The number of hydrogen-bond acceptors (Lipinski definition) is 2. The zero-order valence-electron chi connectivity index (χ0n) is 10.8. The van der Waals surface area contributed by atoms with Gasteiger partial charge in [0.2, 0.25) is 0 Å². The molecule has 0 saturated carbocycles. The second-order valence-corrected chi connectivity index (χ2v) is 5.72. The van der Waals surface area contributed by atoms with Crippen molar-refractivity contribution in [2.24, 2.45) is 5.73 Å². The van der Waals surface area contributed by atoms with Crippen molar-refractivity contribution in [3.63, 3.8) is 0 Å². The van der Waals surface area contributed by atoms with Crippen molar-refractivity contribution in [3.05, 3.63) is 39.9 Å². The van der Waals surface area contributed by atoms with Crippen LogP contribution in [0.4, 0.5) is 0 Å². The molecule has 0 spiro atoms. The smallest absolute Gasteiger partial charge is 0.119 e. The van der Waals surface area contributed by atoms with Crippen LogP contribution in [0.3, 0.4) is 0 Å². The molecule has 98 valence electrons. The lowest BCUT2D eigenvalue weighted by atomic mass is 10.0. The van der Waals surface area contributed by atoms with Crippen LogP contribution in [-0.2, 0) is 6.42 Å². The molecule has 1 unspecified atom stereocenters. The summed E-state index contributed by atoms with van der Waals surface area (Å²) in [6.45, 7) is 0.